The van der Waals surface area contributed by atoms with Crippen LogP contribution in [0, 0.1) is 0 Å². The molecule has 4 rings (SSSR count). The quantitative estimate of drug-likeness (QED) is 0.510. The molecule has 35 heavy (non-hydrogen) atoms. The number of pyridine rings is 1. The van der Waals surface area contributed by atoms with E-state index in [0.29, 0.717) is 39.3 Å². The third-order valence-corrected chi connectivity index (χ3v) is 5.96. The molecule has 1 aromatic carbocycles. The molecule has 1 aliphatic heterocycles. The lowest BCUT2D eigenvalue weighted by atomic mass is 10.1. The van der Waals surface area contributed by atoms with Crippen LogP contribution in [0.2, 0.25) is 0 Å². The van der Waals surface area contributed by atoms with Crippen molar-refractivity contribution in [3.8, 4) is 11.3 Å². The van der Waals surface area contributed by atoms with E-state index in [1.54, 1.807) is 18.5 Å². The first-order valence-corrected chi connectivity index (χ1v) is 12.1. The first kappa shape index (κ1) is 24.3. The van der Waals surface area contributed by atoms with Crippen molar-refractivity contribution in [3.63, 3.8) is 0 Å². The Labute approximate surface area is 206 Å². The predicted octanol–water partition coefficient (Wildman–Crippen LogP) is 2.68. The zero-order valence-corrected chi connectivity index (χ0v) is 20.1. The lowest BCUT2D eigenvalue weighted by Crippen LogP contribution is -2.39. The molecule has 2 amide bonds. The number of likely N-dealkylation sites (N-methyl/N-ethyl adjacent to an activating group) is 1. The summed E-state index contributed by atoms with van der Waals surface area (Å²) in [5.41, 5.74) is 3.72. The van der Waals surface area contributed by atoms with Gasteiger partial charge in [-0.3, -0.25) is 24.2 Å². The third-order valence-electron chi connectivity index (χ3n) is 5.96. The minimum Gasteiger partial charge on any atom is -0.355 e. The Morgan fingerprint density at radius 2 is 1.91 bits per heavy atom. The number of nitrogens with one attached hydrogen (secondary N) is 1. The van der Waals surface area contributed by atoms with Gasteiger partial charge in [0.1, 0.15) is 5.69 Å². The lowest BCUT2D eigenvalue weighted by Gasteiger charge is -2.20. The molecule has 8 heteroatoms. The van der Waals surface area contributed by atoms with Gasteiger partial charge in [0, 0.05) is 68.5 Å². The summed E-state index contributed by atoms with van der Waals surface area (Å²) < 4.78 is 1.90. The van der Waals surface area contributed by atoms with E-state index >= 15 is 0 Å². The molecule has 0 bridgehead atoms. The zero-order chi connectivity index (χ0) is 24.5. The number of carbonyl (C=O) groups is 2. The van der Waals surface area contributed by atoms with Crippen LogP contribution in [0.1, 0.15) is 24.5 Å². The standard InChI is InChI=1S/C27H32N6O2/c1-2-29-25(34)21-31-14-7-15-32(17-16-31)26(35)12-11-24-20-33(19-22-8-4-3-5-9-22)30-27(24)23-10-6-13-28-18-23/h3-6,8-13,18,20H,2,7,14-17,19,21H2,1H3,(H,29,34)/b12-11+. The van der Waals surface area contributed by atoms with Gasteiger partial charge in [-0.25, -0.2) is 0 Å². The van der Waals surface area contributed by atoms with Crippen molar-refractivity contribution < 1.29 is 9.59 Å². The van der Waals surface area contributed by atoms with Crippen LogP contribution >= 0.6 is 0 Å². The van der Waals surface area contributed by atoms with Crippen LogP contribution in [0.5, 0.6) is 0 Å². The Kier molecular flexibility index (Phi) is 8.40. The molecule has 0 atom stereocenters. The molecular weight excluding hydrogens is 440 g/mol. The first-order valence-electron chi connectivity index (χ1n) is 12.1. The summed E-state index contributed by atoms with van der Waals surface area (Å²) in [6.07, 6.45) is 9.80. The second kappa shape index (κ2) is 12.1. The highest BCUT2D eigenvalue weighted by Gasteiger charge is 2.19. The third kappa shape index (κ3) is 6.86. The number of benzene rings is 1. The Morgan fingerprint density at radius 3 is 2.69 bits per heavy atom. The normalized spacial score (nSPS) is 14.7. The molecule has 3 aromatic rings. The van der Waals surface area contributed by atoms with Gasteiger partial charge >= 0.3 is 0 Å². The molecule has 1 fully saturated rings. The Balaban J connectivity index is 1.46. The Bertz CT molecular complexity index is 1140. The lowest BCUT2D eigenvalue weighted by molar-refractivity contribution is -0.125. The molecule has 3 heterocycles. The topological polar surface area (TPSA) is 83.4 Å². The fraction of sp³-hybridized carbons (Fsp3) is 0.333. The smallest absolute Gasteiger partial charge is 0.246 e. The van der Waals surface area contributed by atoms with Crippen LogP contribution in [0.15, 0.2) is 67.1 Å². The highest BCUT2D eigenvalue weighted by atomic mass is 16.2. The van der Waals surface area contributed by atoms with Crippen molar-refractivity contribution in [1.29, 1.82) is 0 Å². The van der Waals surface area contributed by atoms with Crippen molar-refractivity contribution in [2.24, 2.45) is 0 Å². The summed E-state index contributed by atoms with van der Waals surface area (Å²) in [5, 5.41) is 7.63. The molecule has 8 nitrogen and oxygen atoms in total. The van der Waals surface area contributed by atoms with E-state index in [0.717, 1.165) is 35.3 Å². The average molecular weight is 473 g/mol. The molecular formula is C27H32N6O2. The molecule has 1 saturated heterocycles. The van der Waals surface area contributed by atoms with E-state index in [9.17, 15) is 9.59 Å². The fourth-order valence-electron chi connectivity index (χ4n) is 4.21. The van der Waals surface area contributed by atoms with Crippen molar-refractivity contribution in [2.75, 3.05) is 39.3 Å². The van der Waals surface area contributed by atoms with Crippen LogP contribution in [-0.4, -0.2) is 75.6 Å². The highest BCUT2D eigenvalue weighted by Crippen LogP contribution is 2.23. The maximum atomic E-state index is 13.0. The summed E-state index contributed by atoms with van der Waals surface area (Å²) >= 11 is 0. The van der Waals surface area contributed by atoms with Crippen LogP contribution in [0.25, 0.3) is 17.3 Å². The number of hydrogen-bond acceptors (Lipinski definition) is 5. The van der Waals surface area contributed by atoms with Gasteiger partial charge in [0.25, 0.3) is 0 Å². The van der Waals surface area contributed by atoms with Crippen molar-refractivity contribution in [1.82, 2.24) is 29.9 Å². The van der Waals surface area contributed by atoms with E-state index in [1.165, 1.54) is 0 Å². The number of hydrogen-bond donors (Lipinski definition) is 1. The van der Waals surface area contributed by atoms with Crippen LogP contribution in [-0.2, 0) is 16.1 Å². The first-order chi connectivity index (χ1) is 17.1. The maximum absolute atomic E-state index is 13.0. The van der Waals surface area contributed by atoms with Gasteiger partial charge in [-0.2, -0.15) is 5.10 Å². The molecule has 0 spiro atoms. The summed E-state index contributed by atoms with van der Waals surface area (Å²) in [6.45, 7) is 6.34. The van der Waals surface area contributed by atoms with E-state index < -0.39 is 0 Å². The predicted molar refractivity (Wildman–Crippen MR) is 136 cm³/mol. The zero-order valence-electron chi connectivity index (χ0n) is 20.1. The monoisotopic (exact) mass is 472 g/mol. The summed E-state index contributed by atoms with van der Waals surface area (Å²) in [4.78, 5) is 33.1. The molecule has 1 aliphatic rings. The van der Waals surface area contributed by atoms with Gasteiger partial charge in [-0.1, -0.05) is 30.3 Å². The fourth-order valence-corrected chi connectivity index (χ4v) is 4.21. The number of amides is 2. The maximum Gasteiger partial charge on any atom is 0.246 e. The summed E-state index contributed by atoms with van der Waals surface area (Å²) in [7, 11) is 0. The minimum absolute atomic E-state index is 0.0298. The van der Waals surface area contributed by atoms with Gasteiger partial charge in [0.05, 0.1) is 13.1 Å². The molecule has 1 N–H and O–H groups in total. The van der Waals surface area contributed by atoms with Gasteiger partial charge in [-0.15, -0.1) is 0 Å². The summed E-state index contributed by atoms with van der Waals surface area (Å²) in [6, 6.07) is 14.0. The van der Waals surface area contributed by atoms with Crippen LogP contribution in [0.4, 0.5) is 0 Å². The number of carbonyl (C=O) groups excluding carboxylic acids is 2. The number of aromatic nitrogens is 3. The Morgan fingerprint density at radius 1 is 1.06 bits per heavy atom. The SMILES string of the molecule is CCNC(=O)CN1CCCN(C(=O)/C=C/c2cn(Cc3ccccc3)nc2-c2cccnc2)CC1. The van der Waals surface area contributed by atoms with E-state index in [-0.39, 0.29) is 11.8 Å². The second-order valence-corrected chi connectivity index (χ2v) is 8.60. The summed E-state index contributed by atoms with van der Waals surface area (Å²) in [5.74, 6) is 0.000393. The van der Waals surface area contributed by atoms with Crippen LogP contribution < -0.4 is 5.32 Å². The molecule has 0 saturated carbocycles. The average Bonchev–Trinajstić information content (AvgIpc) is 3.13. The molecule has 2 aromatic heterocycles. The second-order valence-electron chi connectivity index (χ2n) is 8.60. The van der Waals surface area contributed by atoms with E-state index in [4.69, 9.17) is 5.10 Å². The number of rotatable bonds is 8. The van der Waals surface area contributed by atoms with Crippen molar-refractivity contribution in [3.05, 3.63) is 78.3 Å². The van der Waals surface area contributed by atoms with Crippen LogP contribution in [0.3, 0.4) is 0 Å². The van der Waals surface area contributed by atoms with E-state index in [1.807, 2.05) is 59.1 Å². The highest BCUT2D eigenvalue weighted by molar-refractivity contribution is 5.92. The molecule has 0 radical (unpaired) electrons. The van der Waals surface area contributed by atoms with Gasteiger partial charge < -0.3 is 10.2 Å². The molecule has 0 aliphatic carbocycles. The van der Waals surface area contributed by atoms with Gasteiger partial charge in [0.15, 0.2) is 0 Å². The Hall–Kier alpha value is -3.78. The van der Waals surface area contributed by atoms with E-state index in [2.05, 4.69) is 27.3 Å². The van der Waals surface area contributed by atoms with Crippen molar-refractivity contribution in [2.45, 2.75) is 19.9 Å². The van der Waals surface area contributed by atoms with Gasteiger partial charge in [0.2, 0.25) is 11.8 Å². The van der Waals surface area contributed by atoms with Crippen molar-refractivity contribution >= 4 is 17.9 Å². The molecule has 0 unspecified atom stereocenters. The van der Waals surface area contributed by atoms with Gasteiger partial charge in [-0.05, 0) is 37.1 Å². The number of nitrogens with zero attached hydrogens (tertiary/aromatic N) is 5. The minimum atomic E-state index is -0.0298. The largest absolute Gasteiger partial charge is 0.355 e. The molecule has 182 valence electrons.